The SMILES string of the molecule is O=C(c1ccco1)N1CCN(O)CC1. The van der Waals surface area contributed by atoms with Gasteiger partial charge in [-0.25, -0.2) is 0 Å². The molecule has 2 heterocycles. The number of hydrogen-bond acceptors (Lipinski definition) is 4. The van der Waals surface area contributed by atoms with Crippen LogP contribution in [0.4, 0.5) is 0 Å². The van der Waals surface area contributed by atoms with Crippen molar-refractivity contribution < 1.29 is 14.4 Å². The first kappa shape index (κ1) is 9.23. The fourth-order valence-electron chi connectivity index (χ4n) is 1.46. The van der Waals surface area contributed by atoms with Crippen LogP contribution in [0.15, 0.2) is 22.8 Å². The first-order valence-corrected chi connectivity index (χ1v) is 4.54. The zero-order valence-corrected chi connectivity index (χ0v) is 7.72. The molecule has 14 heavy (non-hydrogen) atoms. The van der Waals surface area contributed by atoms with Gasteiger partial charge in [0.1, 0.15) is 0 Å². The molecule has 1 fully saturated rings. The second-order valence-electron chi connectivity index (χ2n) is 3.22. The molecule has 0 radical (unpaired) electrons. The third-order valence-corrected chi connectivity index (χ3v) is 2.28. The number of carbonyl (C=O) groups excluding carboxylic acids is 1. The molecule has 5 heteroatoms. The predicted octanol–water partition coefficient (Wildman–Crippen LogP) is 0.427. The molecule has 1 amide bonds. The molecule has 0 saturated carbocycles. The summed E-state index contributed by atoms with van der Waals surface area (Å²) in [5.74, 6) is 0.250. The van der Waals surface area contributed by atoms with Gasteiger partial charge in [0.05, 0.1) is 6.26 Å². The van der Waals surface area contributed by atoms with Crippen LogP contribution in [-0.2, 0) is 0 Å². The molecular weight excluding hydrogens is 184 g/mol. The average Bonchev–Trinajstić information content (AvgIpc) is 2.71. The standard InChI is InChI=1S/C9H12N2O3/c12-9(8-2-1-7-14-8)10-3-5-11(13)6-4-10/h1-2,7,13H,3-6H2. The van der Waals surface area contributed by atoms with Crippen molar-refractivity contribution in [3.05, 3.63) is 24.2 Å². The quantitative estimate of drug-likeness (QED) is 0.707. The molecule has 0 aliphatic carbocycles. The lowest BCUT2D eigenvalue weighted by atomic mass is 10.3. The van der Waals surface area contributed by atoms with Gasteiger partial charge in [-0.15, -0.1) is 0 Å². The van der Waals surface area contributed by atoms with E-state index in [2.05, 4.69) is 0 Å². The van der Waals surface area contributed by atoms with Crippen LogP contribution in [0.3, 0.4) is 0 Å². The average molecular weight is 196 g/mol. The largest absolute Gasteiger partial charge is 0.459 e. The van der Waals surface area contributed by atoms with Crippen LogP contribution in [0.2, 0.25) is 0 Å². The number of carbonyl (C=O) groups is 1. The van der Waals surface area contributed by atoms with Crippen molar-refractivity contribution in [2.75, 3.05) is 26.2 Å². The predicted molar refractivity (Wildman–Crippen MR) is 48.0 cm³/mol. The molecule has 0 aromatic carbocycles. The molecule has 1 N–H and O–H groups in total. The Hall–Kier alpha value is -1.33. The van der Waals surface area contributed by atoms with Crippen LogP contribution < -0.4 is 0 Å². The van der Waals surface area contributed by atoms with Gasteiger partial charge < -0.3 is 14.5 Å². The van der Waals surface area contributed by atoms with Gasteiger partial charge in [-0.1, -0.05) is 0 Å². The highest BCUT2D eigenvalue weighted by Gasteiger charge is 2.22. The molecule has 0 atom stereocenters. The molecule has 1 aliphatic heterocycles. The summed E-state index contributed by atoms with van der Waals surface area (Å²) in [6.07, 6.45) is 1.48. The highest BCUT2D eigenvalue weighted by atomic mass is 16.5. The van der Waals surface area contributed by atoms with E-state index in [1.165, 1.54) is 11.3 Å². The fraction of sp³-hybridized carbons (Fsp3) is 0.444. The monoisotopic (exact) mass is 196 g/mol. The molecule has 2 rings (SSSR count). The van der Waals surface area contributed by atoms with Gasteiger partial charge in [0.2, 0.25) is 0 Å². The van der Waals surface area contributed by atoms with E-state index in [1.54, 1.807) is 17.0 Å². The third kappa shape index (κ3) is 1.78. The molecule has 5 nitrogen and oxygen atoms in total. The van der Waals surface area contributed by atoms with Gasteiger partial charge in [0.25, 0.3) is 5.91 Å². The number of furan rings is 1. The maximum atomic E-state index is 11.7. The summed E-state index contributed by atoms with van der Waals surface area (Å²) in [6, 6.07) is 3.34. The number of piperazine rings is 1. The summed E-state index contributed by atoms with van der Waals surface area (Å²) >= 11 is 0. The Balaban J connectivity index is 1.99. The minimum Gasteiger partial charge on any atom is -0.459 e. The van der Waals surface area contributed by atoms with Gasteiger partial charge in [-0.3, -0.25) is 4.79 Å². The molecule has 0 spiro atoms. The van der Waals surface area contributed by atoms with E-state index in [0.29, 0.717) is 31.9 Å². The maximum absolute atomic E-state index is 11.7. The number of hydroxylamine groups is 2. The number of rotatable bonds is 1. The number of amides is 1. The van der Waals surface area contributed by atoms with Crippen molar-refractivity contribution in [2.45, 2.75) is 0 Å². The summed E-state index contributed by atoms with van der Waals surface area (Å²) in [4.78, 5) is 13.4. The Morgan fingerprint density at radius 1 is 1.36 bits per heavy atom. The number of nitrogens with zero attached hydrogens (tertiary/aromatic N) is 2. The molecule has 0 bridgehead atoms. The van der Waals surface area contributed by atoms with E-state index >= 15 is 0 Å². The minimum absolute atomic E-state index is 0.108. The summed E-state index contributed by atoms with van der Waals surface area (Å²) in [5.41, 5.74) is 0. The van der Waals surface area contributed by atoms with Crippen LogP contribution in [0, 0.1) is 0 Å². The Morgan fingerprint density at radius 3 is 2.64 bits per heavy atom. The molecular formula is C9H12N2O3. The molecule has 1 saturated heterocycles. The van der Waals surface area contributed by atoms with E-state index in [0.717, 1.165) is 0 Å². The van der Waals surface area contributed by atoms with E-state index in [9.17, 15) is 4.79 Å². The maximum Gasteiger partial charge on any atom is 0.289 e. The summed E-state index contributed by atoms with van der Waals surface area (Å²) in [6.45, 7) is 2.06. The van der Waals surface area contributed by atoms with E-state index < -0.39 is 0 Å². The zero-order valence-electron chi connectivity index (χ0n) is 7.72. The Morgan fingerprint density at radius 2 is 2.07 bits per heavy atom. The van der Waals surface area contributed by atoms with Crippen LogP contribution in [0.25, 0.3) is 0 Å². The van der Waals surface area contributed by atoms with Gasteiger partial charge in [-0.05, 0) is 12.1 Å². The van der Waals surface area contributed by atoms with Gasteiger partial charge in [0.15, 0.2) is 5.76 Å². The molecule has 76 valence electrons. The van der Waals surface area contributed by atoms with Crippen molar-refractivity contribution in [3.63, 3.8) is 0 Å². The van der Waals surface area contributed by atoms with Crippen LogP contribution >= 0.6 is 0 Å². The fourth-order valence-corrected chi connectivity index (χ4v) is 1.46. The summed E-state index contributed by atoms with van der Waals surface area (Å²) < 4.78 is 5.01. The topological polar surface area (TPSA) is 56.9 Å². The smallest absolute Gasteiger partial charge is 0.289 e. The van der Waals surface area contributed by atoms with Gasteiger partial charge in [-0.2, -0.15) is 5.06 Å². The lowest BCUT2D eigenvalue weighted by Gasteiger charge is -2.30. The van der Waals surface area contributed by atoms with Gasteiger partial charge >= 0.3 is 0 Å². The van der Waals surface area contributed by atoms with Crippen molar-refractivity contribution in [2.24, 2.45) is 0 Å². The normalized spacial score (nSPS) is 18.5. The highest BCUT2D eigenvalue weighted by Crippen LogP contribution is 2.07. The van der Waals surface area contributed by atoms with Crippen LogP contribution in [-0.4, -0.2) is 47.3 Å². The summed E-state index contributed by atoms with van der Waals surface area (Å²) in [5, 5.41) is 10.3. The molecule has 1 aliphatic rings. The van der Waals surface area contributed by atoms with Crippen molar-refractivity contribution in [1.29, 1.82) is 0 Å². The Labute approximate surface area is 81.5 Å². The summed E-state index contributed by atoms with van der Waals surface area (Å²) in [7, 11) is 0. The van der Waals surface area contributed by atoms with E-state index in [4.69, 9.17) is 9.62 Å². The lowest BCUT2D eigenvalue weighted by molar-refractivity contribution is -0.112. The second kappa shape index (κ2) is 3.81. The molecule has 0 unspecified atom stereocenters. The Bertz CT molecular complexity index is 302. The Kier molecular flexibility index (Phi) is 2.51. The van der Waals surface area contributed by atoms with E-state index in [1.807, 2.05) is 0 Å². The van der Waals surface area contributed by atoms with Crippen LogP contribution in [0.5, 0.6) is 0 Å². The molecule has 1 aromatic rings. The molecule has 1 aromatic heterocycles. The third-order valence-electron chi connectivity index (χ3n) is 2.28. The lowest BCUT2D eigenvalue weighted by Crippen LogP contribution is -2.47. The number of hydrogen-bond donors (Lipinski definition) is 1. The minimum atomic E-state index is -0.108. The van der Waals surface area contributed by atoms with Crippen molar-refractivity contribution in [3.8, 4) is 0 Å². The zero-order chi connectivity index (χ0) is 9.97. The van der Waals surface area contributed by atoms with Crippen LogP contribution in [0.1, 0.15) is 10.6 Å². The highest BCUT2D eigenvalue weighted by molar-refractivity contribution is 5.91. The second-order valence-corrected chi connectivity index (χ2v) is 3.22. The van der Waals surface area contributed by atoms with Gasteiger partial charge in [0, 0.05) is 26.2 Å². The first-order chi connectivity index (χ1) is 6.77. The van der Waals surface area contributed by atoms with Crippen molar-refractivity contribution in [1.82, 2.24) is 9.96 Å². The van der Waals surface area contributed by atoms with E-state index in [-0.39, 0.29) is 5.91 Å². The van der Waals surface area contributed by atoms with Crippen molar-refractivity contribution >= 4 is 5.91 Å². The first-order valence-electron chi connectivity index (χ1n) is 4.54.